The molecule has 0 heterocycles. The molecule has 0 fully saturated rings. The smallest absolute Gasteiger partial charge is 0.377 e. The summed E-state index contributed by atoms with van der Waals surface area (Å²) >= 11 is 0. The number of unbranched alkanes of at least 4 members (excludes halogenated alkanes) is 5. The molecule has 0 saturated carbocycles. The van der Waals surface area contributed by atoms with Gasteiger partial charge < -0.3 is 32.0 Å². The average Bonchev–Trinajstić information content (AvgIpc) is 2.63. The van der Waals surface area contributed by atoms with E-state index in [2.05, 4.69) is 0 Å². The van der Waals surface area contributed by atoms with Crippen molar-refractivity contribution < 1.29 is 26.6 Å². The molecule has 0 aromatic heterocycles. The van der Waals surface area contributed by atoms with E-state index in [0.29, 0.717) is 11.8 Å². The van der Waals surface area contributed by atoms with Crippen LogP contribution in [-0.4, -0.2) is 65.6 Å². The molecule has 0 aromatic rings. The zero-order valence-corrected chi connectivity index (χ0v) is 18.1. The second-order valence-corrected chi connectivity index (χ2v) is 11.6. The molecule has 24 heavy (non-hydrogen) atoms. The van der Waals surface area contributed by atoms with Crippen LogP contribution in [0.1, 0.15) is 44.9 Å². The van der Waals surface area contributed by atoms with Gasteiger partial charge in [-0.25, -0.2) is 0 Å². The third kappa shape index (κ3) is 7.40. The summed E-state index contributed by atoms with van der Waals surface area (Å²) in [5.41, 5.74) is 0. The minimum atomic E-state index is -2.89. The summed E-state index contributed by atoms with van der Waals surface area (Å²) in [6.07, 6.45) is 7.20. The Bertz CT molecular complexity index is 321. The topological polar surface area (TPSA) is 79.2 Å². The van der Waals surface area contributed by atoms with Gasteiger partial charge in [0.2, 0.25) is 0 Å². The van der Waals surface area contributed by atoms with E-state index in [1.807, 2.05) is 0 Å². The molecule has 0 aliphatic carbocycles. The van der Waals surface area contributed by atoms with E-state index >= 15 is 0 Å². The van der Waals surface area contributed by atoms with Crippen LogP contribution in [0.4, 0.5) is 0 Å². The molecule has 0 rings (SSSR count). The van der Waals surface area contributed by atoms with Gasteiger partial charge >= 0.3 is 17.6 Å². The molecule has 0 amide bonds. The molecule has 0 spiro atoms. The van der Waals surface area contributed by atoms with Crippen molar-refractivity contribution in [3.8, 4) is 0 Å². The zero-order chi connectivity index (χ0) is 18.5. The first-order valence-electron chi connectivity index (χ1n) is 8.38. The predicted octanol–water partition coefficient (Wildman–Crippen LogP) is 3.03. The Morgan fingerprint density at radius 2 is 1.04 bits per heavy atom. The summed E-state index contributed by atoms with van der Waals surface area (Å²) in [6.45, 7) is 0. The molecule has 0 radical (unpaired) electrons. The number of rotatable bonds is 16. The van der Waals surface area contributed by atoms with Gasteiger partial charge in [-0.05, 0) is 19.3 Å². The highest BCUT2D eigenvalue weighted by Crippen LogP contribution is 2.19. The van der Waals surface area contributed by atoms with Crippen molar-refractivity contribution in [1.82, 2.24) is 0 Å². The molecular weight excluding hydrogens is 346 g/mol. The van der Waals surface area contributed by atoms with Crippen LogP contribution < -0.4 is 0 Å². The van der Waals surface area contributed by atoms with Crippen molar-refractivity contribution in [2.75, 3.05) is 42.7 Å². The van der Waals surface area contributed by atoms with E-state index in [9.17, 15) is 0 Å². The first kappa shape index (κ1) is 23.9. The van der Waals surface area contributed by atoms with Gasteiger partial charge in [-0.3, -0.25) is 0 Å². The Morgan fingerprint density at radius 1 is 0.625 bits per heavy atom. The minimum Gasteiger partial charge on any atom is -0.377 e. The maximum absolute atomic E-state index is 8.12. The summed E-state index contributed by atoms with van der Waals surface area (Å²) in [4.78, 5) is 0. The monoisotopic (exact) mass is 381 g/mol. The lowest BCUT2D eigenvalue weighted by Crippen LogP contribution is -2.51. The Labute approximate surface area is 149 Å². The van der Waals surface area contributed by atoms with Gasteiger partial charge in [0.1, 0.15) is 0 Å². The van der Waals surface area contributed by atoms with Gasteiger partial charge in [-0.1, -0.05) is 25.7 Å². The van der Waals surface area contributed by atoms with Gasteiger partial charge in [-0.15, -0.1) is 0 Å². The molecule has 1 N–H and O–H groups in total. The summed E-state index contributed by atoms with van der Waals surface area (Å²) in [5.74, 6) is 0. The van der Waals surface area contributed by atoms with Crippen LogP contribution in [0.5, 0.6) is 0 Å². The molecule has 0 aromatic carbocycles. The van der Waals surface area contributed by atoms with Gasteiger partial charge in [-0.2, -0.15) is 0 Å². The molecule has 7 nitrogen and oxygen atoms in total. The molecule has 0 atom stereocenters. The van der Waals surface area contributed by atoms with Crippen molar-refractivity contribution in [3.05, 3.63) is 0 Å². The molecule has 144 valence electrons. The lowest BCUT2D eigenvalue weighted by Gasteiger charge is -2.24. The molecular formula is C15H35NO6Si2. The third-order valence-corrected chi connectivity index (χ3v) is 9.70. The third-order valence-electron chi connectivity index (χ3n) is 4.27. The number of hydrogen-bond acceptors (Lipinski definition) is 7. The summed E-state index contributed by atoms with van der Waals surface area (Å²) < 4.78 is 32.2. The highest BCUT2D eigenvalue weighted by atomic mass is 28.4. The van der Waals surface area contributed by atoms with Crippen LogP contribution in [0.25, 0.3) is 0 Å². The normalized spacial score (nSPS) is 12.6. The van der Waals surface area contributed by atoms with Crippen LogP contribution in [0.2, 0.25) is 6.04 Å². The first-order valence-corrected chi connectivity index (χ1v) is 12.0. The van der Waals surface area contributed by atoms with Gasteiger partial charge in [0, 0.05) is 48.7 Å². The molecule has 0 bridgehead atoms. The van der Waals surface area contributed by atoms with Crippen molar-refractivity contribution in [2.45, 2.75) is 51.0 Å². The van der Waals surface area contributed by atoms with E-state index in [-0.39, 0.29) is 0 Å². The molecule has 0 aliphatic heterocycles. The summed E-state index contributed by atoms with van der Waals surface area (Å²) in [6, 6.07) is 0.852. The van der Waals surface area contributed by atoms with Gasteiger partial charge in [0.15, 0.2) is 0 Å². The van der Waals surface area contributed by atoms with E-state index in [1.165, 1.54) is 21.3 Å². The SMILES string of the molecule is CO[Si](CCCCCCCCC(=N)[Si](OC)(OC)OC)(OC)OC. The highest BCUT2D eigenvalue weighted by Gasteiger charge is 2.43. The minimum absolute atomic E-state index is 0.450. The van der Waals surface area contributed by atoms with Crippen LogP contribution in [0.3, 0.4) is 0 Å². The second kappa shape index (κ2) is 13.1. The van der Waals surface area contributed by atoms with Gasteiger partial charge in [0.25, 0.3) is 0 Å². The molecule has 0 unspecified atom stereocenters. The van der Waals surface area contributed by atoms with E-state index in [1.54, 1.807) is 21.3 Å². The molecule has 0 aliphatic rings. The Balaban J connectivity index is 3.83. The Kier molecular flexibility index (Phi) is 13.0. The van der Waals surface area contributed by atoms with Crippen molar-refractivity contribution in [2.24, 2.45) is 0 Å². The van der Waals surface area contributed by atoms with E-state index in [0.717, 1.165) is 44.6 Å². The highest BCUT2D eigenvalue weighted by molar-refractivity contribution is 6.92. The quantitative estimate of drug-likeness (QED) is 0.251. The Hall–Kier alpha value is -0.136. The maximum atomic E-state index is 8.12. The number of hydrogen-bond donors (Lipinski definition) is 1. The standard InChI is InChI=1S/C15H35NO6Si2/c1-17-23(18-2,19-3)14-12-10-8-7-9-11-13-15(16)24(20-4,21-5)22-6/h16H,7-14H2,1-6H3. The van der Waals surface area contributed by atoms with Crippen molar-refractivity contribution in [1.29, 1.82) is 5.41 Å². The molecule has 9 heteroatoms. The van der Waals surface area contributed by atoms with Crippen molar-refractivity contribution >= 4 is 22.9 Å². The average molecular weight is 382 g/mol. The van der Waals surface area contributed by atoms with Crippen LogP contribution >= 0.6 is 0 Å². The summed E-state index contributed by atoms with van der Waals surface area (Å²) in [5, 5.41) is 8.57. The van der Waals surface area contributed by atoms with Crippen molar-refractivity contribution in [3.63, 3.8) is 0 Å². The van der Waals surface area contributed by atoms with Crippen LogP contribution in [-0.2, 0) is 26.6 Å². The van der Waals surface area contributed by atoms with E-state index < -0.39 is 17.6 Å². The fraction of sp³-hybridized carbons (Fsp3) is 0.933. The first-order chi connectivity index (χ1) is 11.5. The summed E-state index contributed by atoms with van der Waals surface area (Å²) in [7, 11) is 4.27. The Morgan fingerprint density at radius 3 is 1.46 bits per heavy atom. The van der Waals surface area contributed by atoms with E-state index in [4.69, 9.17) is 32.0 Å². The number of nitrogens with one attached hydrogen (secondary N) is 1. The lowest BCUT2D eigenvalue weighted by molar-refractivity contribution is 0.122. The lowest BCUT2D eigenvalue weighted by atomic mass is 10.1. The van der Waals surface area contributed by atoms with Gasteiger partial charge in [0.05, 0.1) is 5.33 Å². The predicted molar refractivity (Wildman–Crippen MR) is 98.4 cm³/mol. The largest absolute Gasteiger partial charge is 0.550 e. The maximum Gasteiger partial charge on any atom is 0.550 e. The van der Waals surface area contributed by atoms with Crippen LogP contribution in [0, 0.1) is 5.41 Å². The van der Waals surface area contributed by atoms with Crippen LogP contribution in [0.15, 0.2) is 0 Å². The fourth-order valence-corrected chi connectivity index (χ4v) is 6.20. The fourth-order valence-electron chi connectivity index (χ4n) is 2.68. The zero-order valence-electron chi connectivity index (χ0n) is 16.1. The second-order valence-electron chi connectivity index (χ2n) is 5.56. The molecule has 0 saturated heterocycles.